The molecule has 0 saturated carbocycles. The molecule has 112 valence electrons. The fraction of sp³-hybridized carbons (Fsp3) is 0.647. The molecule has 1 saturated heterocycles. The summed E-state index contributed by atoms with van der Waals surface area (Å²) in [6.07, 6.45) is 3.90. The Morgan fingerprint density at radius 1 is 1.35 bits per heavy atom. The lowest BCUT2D eigenvalue weighted by Crippen LogP contribution is -2.40. The van der Waals surface area contributed by atoms with E-state index in [4.69, 9.17) is 4.74 Å². The van der Waals surface area contributed by atoms with Crippen LogP contribution in [0.5, 0.6) is 0 Å². The first kappa shape index (κ1) is 15.3. The first-order valence-corrected chi connectivity index (χ1v) is 7.92. The highest BCUT2D eigenvalue weighted by atomic mass is 16.5. The number of ether oxygens (including phenoxy) is 1. The number of rotatable bonds is 6. The average Bonchev–Trinajstić information content (AvgIpc) is 2.50. The molecule has 0 aliphatic carbocycles. The fourth-order valence-electron chi connectivity index (χ4n) is 3.18. The summed E-state index contributed by atoms with van der Waals surface area (Å²) >= 11 is 0. The molecule has 1 aromatic carbocycles. The maximum absolute atomic E-state index is 5.83. The van der Waals surface area contributed by atoms with Gasteiger partial charge in [0.15, 0.2) is 0 Å². The molecule has 1 fully saturated rings. The number of anilines is 1. The Hall–Kier alpha value is -1.06. The summed E-state index contributed by atoms with van der Waals surface area (Å²) in [5, 5.41) is 3.43. The number of para-hydroxylation sites is 1. The smallest absolute Gasteiger partial charge is 0.0750 e. The van der Waals surface area contributed by atoms with Crippen LogP contribution in [0.2, 0.25) is 0 Å². The molecular weight excluding hydrogens is 248 g/mol. The Balaban J connectivity index is 2.19. The summed E-state index contributed by atoms with van der Waals surface area (Å²) in [5.41, 5.74) is 2.78. The first-order valence-electron chi connectivity index (χ1n) is 7.92. The van der Waals surface area contributed by atoms with E-state index >= 15 is 0 Å². The van der Waals surface area contributed by atoms with Gasteiger partial charge in [-0.1, -0.05) is 25.1 Å². The molecule has 2 unspecified atom stereocenters. The van der Waals surface area contributed by atoms with Crippen LogP contribution >= 0.6 is 0 Å². The number of nitrogens with one attached hydrogen (secondary N) is 1. The van der Waals surface area contributed by atoms with Gasteiger partial charge in [0.1, 0.15) is 0 Å². The minimum Gasteiger partial charge on any atom is -0.377 e. The topological polar surface area (TPSA) is 24.5 Å². The Kier molecular flexibility index (Phi) is 5.86. The van der Waals surface area contributed by atoms with Gasteiger partial charge in [0.05, 0.1) is 6.10 Å². The van der Waals surface area contributed by atoms with Crippen molar-refractivity contribution >= 4 is 5.69 Å². The number of hydrogen-bond donors (Lipinski definition) is 1. The van der Waals surface area contributed by atoms with Crippen LogP contribution in [0.4, 0.5) is 5.69 Å². The van der Waals surface area contributed by atoms with Gasteiger partial charge < -0.3 is 15.0 Å². The van der Waals surface area contributed by atoms with E-state index in [-0.39, 0.29) is 0 Å². The number of nitrogens with zero attached hydrogens (tertiary/aromatic N) is 1. The van der Waals surface area contributed by atoms with Crippen molar-refractivity contribution in [2.75, 3.05) is 31.6 Å². The summed E-state index contributed by atoms with van der Waals surface area (Å²) in [7, 11) is 2.05. The van der Waals surface area contributed by atoms with Crippen LogP contribution in [0.3, 0.4) is 0 Å². The van der Waals surface area contributed by atoms with Crippen LogP contribution in [-0.4, -0.2) is 32.8 Å². The van der Waals surface area contributed by atoms with Gasteiger partial charge in [0.25, 0.3) is 0 Å². The Labute approximate surface area is 123 Å². The predicted octanol–water partition coefficient (Wildman–Crippen LogP) is 3.36. The van der Waals surface area contributed by atoms with Crippen LogP contribution in [0, 0.1) is 0 Å². The van der Waals surface area contributed by atoms with Crippen molar-refractivity contribution in [3.8, 4) is 0 Å². The molecule has 1 N–H and O–H groups in total. The molecule has 1 aromatic rings. The molecule has 2 rings (SSSR count). The van der Waals surface area contributed by atoms with Gasteiger partial charge in [0, 0.05) is 31.4 Å². The van der Waals surface area contributed by atoms with Crippen molar-refractivity contribution in [2.45, 2.75) is 45.3 Å². The van der Waals surface area contributed by atoms with Gasteiger partial charge in [-0.3, -0.25) is 0 Å². The minimum atomic E-state index is 0.386. The van der Waals surface area contributed by atoms with E-state index in [0.29, 0.717) is 12.1 Å². The van der Waals surface area contributed by atoms with Gasteiger partial charge in [0.2, 0.25) is 0 Å². The zero-order valence-corrected chi connectivity index (χ0v) is 13.1. The van der Waals surface area contributed by atoms with E-state index in [1.807, 2.05) is 7.05 Å². The van der Waals surface area contributed by atoms with Gasteiger partial charge in [-0.05, 0) is 44.9 Å². The second kappa shape index (κ2) is 7.65. The van der Waals surface area contributed by atoms with Gasteiger partial charge in [-0.25, -0.2) is 0 Å². The van der Waals surface area contributed by atoms with Crippen molar-refractivity contribution in [3.63, 3.8) is 0 Å². The molecule has 0 radical (unpaired) electrons. The first-order chi connectivity index (χ1) is 9.80. The van der Waals surface area contributed by atoms with E-state index in [2.05, 4.69) is 48.3 Å². The highest BCUT2D eigenvalue weighted by Crippen LogP contribution is 2.30. The molecular formula is C17H28N2O. The number of hydrogen-bond acceptors (Lipinski definition) is 3. The third-order valence-corrected chi connectivity index (χ3v) is 4.19. The lowest BCUT2D eigenvalue weighted by atomic mass is 9.99. The van der Waals surface area contributed by atoms with Crippen LogP contribution in [0.15, 0.2) is 24.3 Å². The summed E-state index contributed by atoms with van der Waals surface area (Å²) in [4.78, 5) is 2.50. The highest BCUT2D eigenvalue weighted by molar-refractivity contribution is 5.55. The zero-order chi connectivity index (χ0) is 14.4. The molecule has 0 bridgehead atoms. The Morgan fingerprint density at radius 3 is 2.85 bits per heavy atom. The molecule has 3 nitrogen and oxygen atoms in total. The molecule has 1 aliphatic rings. The van der Waals surface area contributed by atoms with E-state index in [9.17, 15) is 0 Å². The van der Waals surface area contributed by atoms with E-state index in [1.54, 1.807) is 0 Å². The quantitative estimate of drug-likeness (QED) is 0.862. The summed E-state index contributed by atoms with van der Waals surface area (Å²) < 4.78 is 5.83. The summed E-state index contributed by atoms with van der Waals surface area (Å²) in [6.45, 7) is 7.29. The van der Waals surface area contributed by atoms with Crippen molar-refractivity contribution in [3.05, 3.63) is 29.8 Å². The molecule has 3 heteroatoms. The largest absolute Gasteiger partial charge is 0.377 e. The van der Waals surface area contributed by atoms with Crippen LogP contribution in [0.1, 0.15) is 44.7 Å². The summed E-state index contributed by atoms with van der Waals surface area (Å²) in [6, 6.07) is 9.22. The normalized spacial score (nSPS) is 20.9. The number of benzene rings is 1. The lowest BCUT2D eigenvalue weighted by molar-refractivity contribution is 0.0526. The maximum Gasteiger partial charge on any atom is 0.0750 e. The molecule has 1 aliphatic heterocycles. The molecule has 1 heterocycles. The van der Waals surface area contributed by atoms with Gasteiger partial charge in [-0.2, -0.15) is 0 Å². The van der Waals surface area contributed by atoms with Crippen molar-refractivity contribution in [2.24, 2.45) is 0 Å². The summed E-state index contributed by atoms with van der Waals surface area (Å²) in [5.74, 6) is 0. The third-order valence-electron chi connectivity index (χ3n) is 4.19. The van der Waals surface area contributed by atoms with Crippen LogP contribution in [0.25, 0.3) is 0 Å². The van der Waals surface area contributed by atoms with E-state index in [0.717, 1.165) is 26.1 Å². The van der Waals surface area contributed by atoms with E-state index < -0.39 is 0 Å². The second-order valence-electron chi connectivity index (χ2n) is 5.47. The number of piperidine rings is 1. The second-order valence-corrected chi connectivity index (χ2v) is 5.47. The monoisotopic (exact) mass is 276 g/mol. The zero-order valence-electron chi connectivity index (χ0n) is 13.1. The predicted molar refractivity (Wildman–Crippen MR) is 85.4 cm³/mol. The molecule has 0 aromatic heterocycles. The lowest BCUT2D eigenvalue weighted by Gasteiger charge is -2.36. The minimum absolute atomic E-state index is 0.386. The SMILES string of the molecule is CCOC1CCCN(c2ccccc2C(CC)NC)C1. The van der Waals surface area contributed by atoms with Gasteiger partial charge in [-0.15, -0.1) is 0 Å². The van der Waals surface area contributed by atoms with Crippen molar-refractivity contribution in [1.82, 2.24) is 5.32 Å². The molecule has 20 heavy (non-hydrogen) atoms. The van der Waals surface area contributed by atoms with Gasteiger partial charge >= 0.3 is 0 Å². The van der Waals surface area contributed by atoms with Crippen molar-refractivity contribution < 1.29 is 4.74 Å². The van der Waals surface area contributed by atoms with Crippen LogP contribution in [-0.2, 0) is 4.74 Å². The maximum atomic E-state index is 5.83. The molecule has 2 atom stereocenters. The van der Waals surface area contributed by atoms with E-state index in [1.165, 1.54) is 24.1 Å². The Morgan fingerprint density at radius 2 is 2.15 bits per heavy atom. The van der Waals surface area contributed by atoms with Crippen molar-refractivity contribution in [1.29, 1.82) is 0 Å². The Bertz CT molecular complexity index is 402. The molecule has 0 amide bonds. The fourth-order valence-corrected chi connectivity index (χ4v) is 3.18. The van der Waals surface area contributed by atoms with Crippen LogP contribution < -0.4 is 10.2 Å². The average molecular weight is 276 g/mol. The standard InChI is InChI=1S/C17H28N2O/c1-4-16(18-3)15-10-6-7-11-17(15)19-12-8-9-14(13-19)20-5-2/h6-7,10-11,14,16,18H,4-5,8-9,12-13H2,1-3H3. The highest BCUT2D eigenvalue weighted by Gasteiger charge is 2.23. The molecule has 0 spiro atoms. The third kappa shape index (κ3) is 3.53.